The first kappa shape index (κ1) is 14.9. The zero-order valence-corrected chi connectivity index (χ0v) is 13.3. The largest absolute Gasteiger partial charge is 0.378 e. The quantitative estimate of drug-likeness (QED) is 0.871. The number of aryl methyl sites for hydroxylation is 1. The highest BCUT2D eigenvalue weighted by Gasteiger charge is 2.41. The normalized spacial score (nSPS) is 27.3. The fourth-order valence-electron chi connectivity index (χ4n) is 2.79. The second kappa shape index (κ2) is 6.33. The minimum absolute atomic E-state index is 0.244. The number of hydrogen-bond acceptors (Lipinski definition) is 4. The lowest BCUT2D eigenvalue weighted by Gasteiger charge is -2.32. The van der Waals surface area contributed by atoms with Crippen LogP contribution in [0.25, 0.3) is 0 Å². The molecule has 1 aromatic heterocycles. The van der Waals surface area contributed by atoms with E-state index in [1.807, 2.05) is 17.5 Å². The zero-order valence-electron chi connectivity index (χ0n) is 12.5. The average Bonchev–Trinajstić information content (AvgIpc) is 2.87. The lowest BCUT2D eigenvalue weighted by molar-refractivity contribution is 0.0631. The number of aromatic nitrogens is 1. The molecule has 0 bridgehead atoms. The molecule has 2 atom stereocenters. The number of ether oxygens (including phenoxy) is 1. The molecule has 1 N–H and O–H groups in total. The second-order valence-electron chi connectivity index (χ2n) is 6.17. The maximum atomic E-state index is 5.85. The van der Waals surface area contributed by atoms with Gasteiger partial charge in [0.15, 0.2) is 0 Å². The molecule has 4 heteroatoms. The van der Waals surface area contributed by atoms with Gasteiger partial charge in [-0.05, 0) is 39.2 Å². The molecule has 2 unspecified atom stereocenters. The smallest absolute Gasteiger partial charge is 0.0896 e. The van der Waals surface area contributed by atoms with Crippen molar-refractivity contribution < 1.29 is 4.74 Å². The van der Waals surface area contributed by atoms with Crippen molar-refractivity contribution in [3.05, 3.63) is 16.1 Å². The Balaban J connectivity index is 2.02. The number of hydrogen-bond donors (Lipinski definition) is 1. The summed E-state index contributed by atoms with van der Waals surface area (Å²) in [4.78, 5) is 5.77. The second-order valence-corrected chi connectivity index (χ2v) is 7.49. The Bertz CT molecular complexity index is 405. The number of thiazole rings is 1. The van der Waals surface area contributed by atoms with E-state index in [4.69, 9.17) is 4.74 Å². The van der Waals surface area contributed by atoms with Crippen LogP contribution in [0.15, 0.2) is 6.20 Å². The molecule has 1 fully saturated rings. The fourth-order valence-corrected chi connectivity index (χ4v) is 3.74. The summed E-state index contributed by atoms with van der Waals surface area (Å²) in [5.41, 5.74) is 0.244. The van der Waals surface area contributed by atoms with E-state index in [0.717, 1.165) is 37.5 Å². The van der Waals surface area contributed by atoms with Crippen molar-refractivity contribution in [2.24, 2.45) is 11.3 Å². The van der Waals surface area contributed by atoms with Gasteiger partial charge in [0.1, 0.15) is 0 Å². The highest BCUT2D eigenvalue weighted by Crippen LogP contribution is 2.38. The third-order valence-electron chi connectivity index (χ3n) is 4.06. The monoisotopic (exact) mass is 282 g/mol. The van der Waals surface area contributed by atoms with Crippen LogP contribution < -0.4 is 5.32 Å². The molecule has 0 saturated carbocycles. The van der Waals surface area contributed by atoms with E-state index >= 15 is 0 Å². The zero-order chi connectivity index (χ0) is 13.9. The van der Waals surface area contributed by atoms with E-state index in [9.17, 15) is 0 Å². The van der Waals surface area contributed by atoms with E-state index in [1.54, 1.807) is 0 Å². The van der Waals surface area contributed by atoms with Gasteiger partial charge in [-0.25, -0.2) is 4.98 Å². The van der Waals surface area contributed by atoms with Gasteiger partial charge in [0, 0.05) is 29.6 Å². The molecule has 0 radical (unpaired) electrons. The molecule has 1 saturated heterocycles. The highest BCUT2D eigenvalue weighted by molar-refractivity contribution is 7.11. The van der Waals surface area contributed by atoms with E-state index in [-0.39, 0.29) is 5.41 Å². The van der Waals surface area contributed by atoms with Gasteiger partial charge in [-0.3, -0.25) is 0 Å². The maximum Gasteiger partial charge on any atom is 0.0896 e. The van der Waals surface area contributed by atoms with Crippen molar-refractivity contribution in [1.29, 1.82) is 0 Å². The first-order valence-corrected chi connectivity index (χ1v) is 8.07. The van der Waals surface area contributed by atoms with Crippen molar-refractivity contribution in [3.8, 4) is 0 Å². The molecule has 1 aromatic rings. The van der Waals surface area contributed by atoms with E-state index in [1.165, 1.54) is 4.88 Å². The van der Waals surface area contributed by atoms with Gasteiger partial charge in [0.25, 0.3) is 0 Å². The lowest BCUT2D eigenvalue weighted by Crippen LogP contribution is -2.42. The molecule has 19 heavy (non-hydrogen) atoms. The maximum absolute atomic E-state index is 5.85. The van der Waals surface area contributed by atoms with E-state index in [2.05, 4.69) is 38.0 Å². The molecule has 1 aliphatic rings. The molecule has 2 heterocycles. The fraction of sp³-hybridized carbons (Fsp3) is 0.800. The lowest BCUT2D eigenvalue weighted by atomic mass is 9.78. The van der Waals surface area contributed by atoms with Crippen LogP contribution in [0.4, 0.5) is 0 Å². The van der Waals surface area contributed by atoms with E-state index < -0.39 is 0 Å². The van der Waals surface area contributed by atoms with Gasteiger partial charge in [-0.15, -0.1) is 11.3 Å². The standard InChI is InChI=1S/C15H26N2OS/c1-11(2)8-16-10-15(5-6-18-12(15)3)7-14-9-17-13(4)19-14/h9,11-12,16H,5-8,10H2,1-4H3. The first-order valence-electron chi connectivity index (χ1n) is 7.25. The van der Waals surface area contributed by atoms with Crippen molar-refractivity contribution in [2.45, 2.75) is 46.6 Å². The molecule has 0 amide bonds. The average molecular weight is 282 g/mol. The van der Waals surface area contributed by atoms with Crippen LogP contribution in [0, 0.1) is 18.3 Å². The first-order chi connectivity index (χ1) is 9.02. The predicted molar refractivity (Wildman–Crippen MR) is 80.7 cm³/mol. The molecule has 2 rings (SSSR count). The summed E-state index contributed by atoms with van der Waals surface area (Å²) >= 11 is 1.82. The number of rotatable bonds is 6. The molecule has 108 valence electrons. The topological polar surface area (TPSA) is 34.2 Å². The Morgan fingerprint density at radius 3 is 2.89 bits per heavy atom. The van der Waals surface area contributed by atoms with Crippen LogP contribution in [0.2, 0.25) is 0 Å². The van der Waals surface area contributed by atoms with Crippen molar-refractivity contribution in [2.75, 3.05) is 19.7 Å². The summed E-state index contributed by atoms with van der Waals surface area (Å²) in [5.74, 6) is 0.695. The van der Waals surface area contributed by atoms with Crippen LogP contribution in [-0.4, -0.2) is 30.8 Å². The van der Waals surface area contributed by atoms with Gasteiger partial charge >= 0.3 is 0 Å². The SMILES string of the molecule is Cc1ncc(CC2(CNCC(C)C)CCOC2C)s1. The summed E-state index contributed by atoms with van der Waals surface area (Å²) < 4.78 is 5.85. The highest BCUT2D eigenvalue weighted by atomic mass is 32.1. The summed E-state index contributed by atoms with van der Waals surface area (Å²) in [6, 6.07) is 0. The Morgan fingerprint density at radius 2 is 2.37 bits per heavy atom. The minimum Gasteiger partial charge on any atom is -0.378 e. The summed E-state index contributed by atoms with van der Waals surface area (Å²) in [7, 11) is 0. The van der Waals surface area contributed by atoms with Gasteiger partial charge in [0.05, 0.1) is 11.1 Å². The van der Waals surface area contributed by atoms with Crippen LogP contribution in [0.1, 0.15) is 37.1 Å². The van der Waals surface area contributed by atoms with Crippen LogP contribution in [0.3, 0.4) is 0 Å². The van der Waals surface area contributed by atoms with Crippen LogP contribution >= 0.6 is 11.3 Å². The molecule has 0 spiro atoms. The molecular weight excluding hydrogens is 256 g/mol. The third-order valence-corrected chi connectivity index (χ3v) is 4.97. The van der Waals surface area contributed by atoms with Crippen molar-refractivity contribution in [3.63, 3.8) is 0 Å². The predicted octanol–water partition coefficient (Wildman–Crippen LogP) is 3.03. The summed E-state index contributed by atoms with van der Waals surface area (Å²) in [6.07, 6.45) is 4.60. The van der Waals surface area contributed by atoms with Crippen molar-refractivity contribution >= 4 is 11.3 Å². The number of nitrogens with one attached hydrogen (secondary N) is 1. The molecule has 0 aromatic carbocycles. The Morgan fingerprint density at radius 1 is 1.58 bits per heavy atom. The van der Waals surface area contributed by atoms with Gasteiger partial charge < -0.3 is 10.1 Å². The molecule has 3 nitrogen and oxygen atoms in total. The Kier molecular flexibility index (Phi) is 4.98. The van der Waals surface area contributed by atoms with Gasteiger partial charge in [-0.1, -0.05) is 13.8 Å². The molecule has 1 aliphatic heterocycles. The van der Waals surface area contributed by atoms with Crippen LogP contribution in [0.5, 0.6) is 0 Å². The summed E-state index contributed by atoms with van der Waals surface area (Å²) in [5, 5.41) is 4.79. The third kappa shape index (κ3) is 3.77. The molecule has 0 aliphatic carbocycles. The van der Waals surface area contributed by atoms with Gasteiger partial charge in [-0.2, -0.15) is 0 Å². The van der Waals surface area contributed by atoms with Gasteiger partial charge in [0.2, 0.25) is 0 Å². The Hall–Kier alpha value is -0.450. The Labute approximate surface area is 120 Å². The van der Waals surface area contributed by atoms with E-state index in [0.29, 0.717) is 12.0 Å². The van der Waals surface area contributed by atoms with Crippen molar-refractivity contribution in [1.82, 2.24) is 10.3 Å². The summed E-state index contributed by atoms with van der Waals surface area (Å²) in [6.45, 7) is 11.8. The number of nitrogens with zero attached hydrogens (tertiary/aromatic N) is 1. The molecular formula is C15H26N2OS. The van der Waals surface area contributed by atoms with Crippen LogP contribution in [-0.2, 0) is 11.2 Å². The minimum atomic E-state index is 0.244.